The van der Waals surface area contributed by atoms with Gasteiger partial charge >= 0.3 is 11.3 Å². The van der Waals surface area contributed by atoms with Crippen molar-refractivity contribution < 1.29 is 19.0 Å². The van der Waals surface area contributed by atoms with E-state index in [-0.39, 0.29) is 0 Å². The quantitative estimate of drug-likeness (QED) is 0.264. The molecule has 0 aliphatic rings. The monoisotopic (exact) mass is 154 g/mol. The highest BCUT2D eigenvalue weighted by Gasteiger charge is 1.79. The van der Waals surface area contributed by atoms with E-state index in [4.69, 9.17) is 9.81 Å². The Bertz CT molecular complexity index is 140. The van der Waals surface area contributed by atoms with E-state index in [0.29, 0.717) is 0 Å². The van der Waals surface area contributed by atoms with Gasteiger partial charge in [-0.2, -0.15) is 5.26 Å². The molecule has 0 aromatic heterocycles. The molecular weight excluding hydrogens is 152 g/mol. The molecule has 0 aromatic rings. The van der Waals surface area contributed by atoms with Gasteiger partial charge < -0.3 is 0 Å². The van der Waals surface area contributed by atoms with E-state index >= 15 is 0 Å². The average Bonchev–Trinajstić information content (AvgIpc) is 1.80. The van der Waals surface area contributed by atoms with E-state index in [1.807, 2.05) is 0 Å². The summed E-state index contributed by atoms with van der Waals surface area (Å²) in [4.78, 5) is 3.05. The van der Waals surface area contributed by atoms with Crippen molar-refractivity contribution in [1.82, 2.24) is 0 Å². The largest absolute Gasteiger partial charge is 0.302 e. The fourth-order valence-electron chi connectivity index (χ4n) is 0.0802. The summed E-state index contributed by atoms with van der Waals surface area (Å²) in [6.45, 7) is 0. The third kappa shape index (κ3) is 7.07. The van der Waals surface area contributed by atoms with E-state index in [0.717, 1.165) is 0 Å². The van der Waals surface area contributed by atoms with Crippen LogP contribution >= 0.6 is 0 Å². The molecule has 1 unspecified atom stereocenters. The smallest absolute Gasteiger partial charge is 0.287 e. The third-order valence-electron chi connectivity index (χ3n) is 0.219. The van der Waals surface area contributed by atoms with Crippen molar-refractivity contribution >= 4 is 11.3 Å². The summed E-state index contributed by atoms with van der Waals surface area (Å²) in [5, 5.41) is 15.0. The molecule has 0 heterocycles. The molecule has 0 rings (SSSR count). The van der Waals surface area contributed by atoms with Gasteiger partial charge in [0, 0.05) is 5.22 Å². The molecule has 0 radical (unpaired) electrons. The zero-order chi connectivity index (χ0) is 7.11. The molecule has 52 valence electrons. The standard InChI is InChI=1S/H2N4O4S/c5-8-3-1-2-4-9(6)7/h5H,(H,6,7)/b3-1+,4-2+. The topological polar surface area (TPSA) is 116 Å². The van der Waals surface area contributed by atoms with Crippen LogP contribution in [0.5, 0.6) is 0 Å². The van der Waals surface area contributed by atoms with Gasteiger partial charge in [-0.05, 0) is 9.74 Å². The first-order chi connectivity index (χ1) is 4.27. The average molecular weight is 154 g/mol. The summed E-state index contributed by atoms with van der Waals surface area (Å²) >= 11 is -2.40. The molecule has 8 nitrogen and oxygen atoms in total. The lowest BCUT2D eigenvalue weighted by Gasteiger charge is -1.72. The van der Waals surface area contributed by atoms with Crippen molar-refractivity contribution in [2.45, 2.75) is 0 Å². The van der Waals surface area contributed by atoms with Crippen LogP contribution in [0, 0.1) is 0 Å². The van der Waals surface area contributed by atoms with Crippen molar-refractivity contribution in [2.24, 2.45) is 20.2 Å². The van der Waals surface area contributed by atoms with Gasteiger partial charge in [-0.25, -0.2) is 9.20 Å². The van der Waals surface area contributed by atoms with Gasteiger partial charge in [0.1, 0.15) is 0 Å². The Morgan fingerprint density at radius 3 is 2.56 bits per heavy atom. The molecule has 0 fully saturated rings. The zero-order valence-electron chi connectivity index (χ0n) is 3.91. The second-order valence-corrected chi connectivity index (χ2v) is 1.28. The van der Waals surface area contributed by atoms with Gasteiger partial charge in [-0.1, -0.05) is 0 Å². The Balaban J connectivity index is 3.47. The highest BCUT2D eigenvalue weighted by Crippen LogP contribution is 1.81. The predicted molar refractivity (Wildman–Crippen MR) is 24.2 cm³/mol. The van der Waals surface area contributed by atoms with E-state index in [9.17, 15) is 4.21 Å². The first kappa shape index (κ1) is 8.07. The van der Waals surface area contributed by atoms with Crippen molar-refractivity contribution in [2.75, 3.05) is 0 Å². The van der Waals surface area contributed by atoms with Gasteiger partial charge in [0.2, 0.25) is 0 Å². The van der Waals surface area contributed by atoms with Gasteiger partial charge in [0.25, 0.3) is 0 Å². The second-order valence-electron chi connectivity index (χ2n) is 0.655. The summed E-state index contributed by atoms with van der Waals surface area (Å²) in [6.07, 6.45) is 0. The number of nitrogens with zero attached hydrogens (tertiary/aromatic N) is 4. The third-order valence-corrected chi connectivity index (χ3v) is 0.432. The molecule has 0 spiro atoms. The highest BCUT2D eigenvalue weighted by molar-refractivity contribution is 7.77. The van der Waals surface area contributed by atoms with E-state index in [1.165, 1.54) is 0 Å². The summed E-state index contributed by atoms with van der Waals surface area (Å²) < 4.78 is 20.0. The van der Waals surface area contributed by atoms with Crippen LogP contribution in [-0.2, 0) is 16.3 Å². The lowest BCUT2D eigenvalue weighted by Crippen LogP contribution is -1.73. The lowest BCUT2D eigenvalue weighted by atomic mass is 12.6. The fraction of sp³-hybridized carbons (Fsp3) is 0. The lowest BCUT2D eigenvalue weighted by molar-refractivity contribution is -0.251. The molecule has 0 amide bonds. The van der Waals surface area contributed by atoms with E-state index in [1.54, 1.807) is 0 Å². The van der Waals surface area contributed by atoms with Crippen LogP contribution in [0.15, 0.2) is 20.2 Å². The predicted octanol–water partition coefficient (Wildman–Crippen LogP) is 0.347. The van der Waals surface area contributed by atoms with Crippen LogP contribution in [0.1, 0.15) is 0 Å². The maximum Gasteiger partial charge on any atom is 0.302 e. The molecule has 0 saturated heterocycles. The minimum atomic E-state index is -2.40. The maximum absolute atomic E-state index is 9.61. The fourth-order valence-corrected chi connectivity index (χ4v) is 0.175. The molecule has 0 bridgehead atoms. The van der Waals surface area contributed by atoms with Gasteiger partial charge in [-0.15, -0.1) is 0 Å². The molecule has 0 saturated carbocycles. The van der Waals surface area contributed by atoms with Crippen molar-refractivity contribution in [3.8, 4) is 0 Å². The number of hydrogen-bond acceptors (Lipinski definition) is 4. The van der Waals surface area contributed by atoms with Crippen molar-refractivity contribution in [3.05, 3.63) is 0 Å². The molecule has 9 heavy (non-hydrogen) atoms. The van der Waals surface area contributed by atoms with E-state index in [2.05, 4.69) is 25.2 Å². The Morgan fingerprint density at radius 2 is 2.11 bits per heavy atom. The minimum Gasteiger partial charge on any atom is -0.287 e. The summed E-state index contributed by atoms with van der Waals surface area (Å²) in [5.41, 5.74) is 0. The Hall–Kier alpha value is -0.930. The van der Waals surface area contributed by atoms with Crippen molar-refractivity contribution in [3.63, 3.8) is 0 Å². The summed E-state index contributed by atoms with van der Waals surface area (Å²) in [6, 6.07) is 0. The first-order valence-electron chi connectivity index (χ1n) is 1.50. The van der Waals surface area contributed by atoms with Crippen LogP contribution < -0.4 is 0 Å². The van der Waals surface area contributed by atoms with Gasteiger partial charge in [0.15, 0.2) is 0 Å². The second kappa shape index (κ2) is 5.21. The molecular formula is H2N4O4S. The van der Waals surface area contributed by atoms with Crippen LogP contribution in [0.3, 0.4) is 0 Å². The molecule has 2 N–H and O–H groups in total. The SMILES string of the molecule is O=S(O)/N=N/N=N/OO. The number of hydrogen-bond donors (Lipinski definition) is 2. The van der Waals surface area contributed by atoms with Crippen LogP contribution in [0.25, 0.3) is 0 Å². The highest BCUT2D eigenvalue weighted by atomic mass is 32.2. The zero-order valence-corrected chi connectivity index (χ0v) is 4.72. The molecule has 9 heteroatoms. The normalized spacial score (nSPS) is 14.9. The minimum absolute atomic E-state index is 2.40. The Morgan fingerprint density at radius 1 is 1.44 bits per heavy atom. The molecule has 0 aliphatic carbocycles. The van der Waals surface area contributed by atoms with Crippen molar-refractivity contribution in [1.29, 1.82) is 0 Å². The maximum atomic E-state index is 9.61. The van der Waals surface area contributed by atoms with Gasteiger partial charge in [0.05, 0.1) is 5.28 Å². The van der Waals surface area contributed by atoms with E-state index < -0.39 is 11.3 Å². The van der Waals surface area contributed by atoms with Crippen LogP contribution in [-0.4, -0.2) is 14.0 Å². The first-order valence-corrected chi connectivity index (χ1v) is 2.56. The molecule has 0 aromatic carbocycles. The summed E-state index contributed by atoms with van der Waals surface area (Å²) in [7, 11) is 0. The Labute approximate surface area is 51.5 Å². The van der Waals surface area contributed by atoms with Crippen LogP contribution in [0.4, 0.5) is 0 Å². The molecule has 1 atom stereocenters. The summed E-state index contributed by atoms with van der Waals surface area (Å²) in [5.74, 6) is 0. The van der Waals surface area contributed by atoms with Crippen LogP contribution in [0.2, 0.25) is 0 Å². The molecule has 0 aliphatic heterocycles. The van der Waals surface area contributed by atoms with Gasteiger partial charge in [-0.3, -0.25) is 4.55 Å². The Kier molecular flexibility index (Phi) is 4.67. The number of rotatable bonds is 3.